The largest absolute Gasteiger partial charge is 0.497 e. The number of carboxylic acids is 4. The summed E-state index contributed by atoms with van der Waals surface area (Å²) < 4.78 is 10.9. The first-order valence-corrected chi connectivity index (χ1v) is 36.9. The van der Waals surface area contributed by atoms with Gasteiger partial charge in [0.05, 0.1) is 58.9 Å². The maximum atomic E-state index is 14.8. The van der Waals surface area contributed by atoms with Crippen molar-refractivity contribution in [3.63, 3.8) is 0 Å². The van der Waals surface area contributed by atoms with E-state index in [0.29, 0.717) is 24.2 Å². The molecule has 43 heteroatoms. The molecule has 13 atom stereocenters. The Labute approximate surface area is 659 Å². The number of unbranched alkanes of at least 4 members (excludes halogenated alkanes) is 6. The van der Waals surface area contributed by atoms with Crippen LogP contribution in [-0.2, 0) is 102 Å². The van der Waals surface area contributed by atoms with Crippen molar-refractivity contribution >= 4 is 124 Å². The van der Waals surface area contributed by atoms with E-state index >= 15 is 0 Å². The number of hydrogen-bond donors (Lipinski definition) is 21. The van der Waals surface area contributed by atoms with Gasteiger partial charge in [-0.15, -0.1) is 0 Å². The van der Waals surface area contributed by atoms with E-state index in [2.05, 4.69) is 60.1 Å². The lowest BCUT2D eigenvalue weighted by Crippen LogP contribution is -2.61. The fraction of sp³-hybridized carbons (Fsp3) is 0.556. The number of nitrogens with one attached hydrogen (secondary N) is 13. The summed E-state index contributed by atoms with van der Waals surface area (Å²) in [5.41, 5.74) is 17.6. The Morgan fingerprint density at radius 1 is 0.557 bits per heavy atom. The van der Waals surface area contributed by atoms with E-state index in [4.69, 9.17) is 26.7 Å². The van der Waals surface area contributed by atoms with Gasteiger partial charge in [-0.25, -0.2) is 4.79 Å². The molecule has 1 heterocycles. The van der Waals surface area contributed by atoms with Gasteiger partial charge in [-0.1, -0.05) is 76.6 Å². The van der Waals surface area contributed by atoms with Crippen molar-refractivity contribution in [2.75, 3.05) is 39.1 Å². The number of nitrogen functional groups attached to an aromatic ring is 1. The molecule has 2 aromatic rings. The minimum Gasteiger partial charge on any atom is -0.497 e. The van der Waals surface area contributed by atoms with E-state index in [1.54, 1.807) is 24.3 Å². The van der Waals surface area contributed by atoms with E-state index in [1.165, 1.54) is 31.4 Å². The Morgan fingerprint density at radius 2 is 1.09 bits per heavy atom. The fourth-order valence-corrected chi connectivity index (χ4v) is 11.4. The van der Waals surface area contributed by atoms with Gasteiger partial charge in [-0.3, -0.25) is 91.1 Å². The smallest absolute Gasteiger partial charge is 0.329 e. The average molecular weight is 1630 g/mol. The molecule has 0 unspecified atom stereocenters. The van der Waals surface area contributed by atoms with Crippen molar-refractivity contribution in [2.45, 2.75) is 216 Å². The van der Waals surface area contributed by atoms with E-state index < -0.39 is 261 Å². The number of carbonyl (C=O) groups excluding carboxylic acids is 16. The fourth-order valence-electron chi connectivity index (χ4n) is 11.4. The summed E-state index contributed by atoms with van der Waals surface area (Å²) in [5.74, 6) is -29.2. The third-order valence-corrected chi connectivity index (χ3v) is 17.6. The molecule has 3 rings (SSSR count). The van der Waals surface area contributed by atoms with Crippen LogP contribution in [0.2, 0.25) is 0 Å². The zero-order valence-electron chi connectivity index (χ0n) is 64.1. The maximum Gasteiger partial charge on any atom is 0.329 e. The highest BCUT2D eigenvalue weighted by molar-refractivity contribution is 6.05. The number of benzene rings is 2. The van der Waals surface area contributed by atoms with Crippen LogP contribution in [0.4, 0.5) is 5.69 Å². The molecule has 43 nitrogen and oxygen atoms in total. The second-order valence-corrected chi connectivity index (χ2v) is 27.1. The summed E-state index contributed by atoms with van der Waals surface area (Å²) in [6.07, 6.45) is -3.64. The first kappa shape index (κ1) is 96.8. The minimum atomic E-state index is -2.45. The van der Waals surface area contributed by atoms with E-state index in [9.17, 15) is 121 Å². The molecule has 1 saturated heterocycles. The number of aliphatic hydroxyl groups is 1. The van der Waals surface area contributed by atoms with Gasteiger partial charge >= 0.3 is 29.8 Å². The van der Waals surface area contributed by atoms with Gasteiger partial charge in [0.25, 0.3) is 0 Å². The van der Waals surface area contributed by atoms with Crippen LogP contribution < -0.4 is 91.1 Å². The first-order chi connectivity index (χ1) is 54.3. The molecule has 1 aliphatic heterocycles. The Kier molecular flexibility index (Phi) is 41.9. The number of rotatable bonds is 37. The highest BCUT2D eigenvalue weighted by Gasteiger charge is 2.41. The summed E-state index contributed by atoms with van der Waals surface area (Å²) in [4.78, 5) is 273. The van der Waals surface area contributed by atoms with Crippen LogP contribution >= 0.6 is 0 Å². The van der Waals surface area contributed by atoms with Gasteiger partial charge in [0.15, 0.2) is 5.78 Å². The molecule has 115 heavy (non-hydrogen) atoms. The molecule has 24 N–H and O–H groups in total. The predicted molar refractivity (Wildman–Crippen MR) is 400 cm³/mol. The lowest BCUT2D eigenvalue weighted by atomic mass is 9.96. The SMILES string of the molecule is CCCCCCCCCC(=O)N[C@@H](CCc1ccc(OC)cc1)C(=O)N[C@@H](CC(N)=O)C(=O)N[C@@H](CC(=O)O)C(=O)N[C@@H]1C(=O)NCC(=O)N[C@@H](CCCN)C(=O)N[C@@H](CC(=O)O)C(=O)N[C@H](C)C(=O)N[C@@H](CC(=O)O)C(=O)NCC(=O)N[C@H](CO)C(=O)N[C@@H]([C@@H](C)CC(=O)O)C(=O)N[C@@H](CC(=O)c2ccccc2N)C(=O)O[C@@H]1C. The summed E-state index contributed by atoms with van der Waals surface area (Å²) in [5, 5.41) is 77.9. The molecule has 0 aliphatic carbocycles. The molecule has 0 radical (unpaired) electrons. The molecule has 0 spiro atoms. The van der Waals surface area contributed by atoms with Crippen LogP contribution in [0.5, 0.6) is 5.75 Å². The highest BCUT2D eigenvalue weighted by atomic mass is 16.5. The molecular formula is C72H104N16O27. The summed E-state index contributed by atoms with van der Waals surface area (Å²) in [7, 11) is 1.45. The molecule has 0 saturated carbocycles. The first-order valence-electron chi connectivity index (χ1n) is 36.9. The molecule has 0 bridgehead atoms. The van der Waals surface area contributed by atoms with E-state index in [-0.39, 0.29) is 43.5 Å². The standard InChI is InChI=1S/C72H104N16O27/c1-6-7-8-9-10-11-12-19-53(92)79-44(25-22-39-20-23-40(114-5)24-21-39)65(106)83-45(29-52(75)91)67(108)85-48(32-59(101)102)68(109)88-61-38(4)115-72(113)49(28-51(90)41-16-13-14-17-42(41)74)86-71(112)60(36(2)27-56(95)96)87-69(110)50(35-89)81-55(94)33-76-63(104)46(30-57(97)98)82-62(103)37(3)78-66(107)47(31-58(99)100)84-64(105)43(18-15-26-73)80-54(93)34-77-70(61)111/h13-14,16-17,20-21,23-24,36-38,43-50,60-61,89H,6-12,15,18-19,22,25-35,73-74H2,1-5H3,(H2,75,91)(H,76,104)(H,77,111)(H,78,107)(H,79,92)(H,80,93)(H,81,94)(H,82,103)(H,83,106)(H,84,105)(H,85,108)(H,86,112)(H,87,110)(H,88,109)(H,95,96)(H,97,98)(H,99,100)(H,101,102)/t36-,37+,38+,43-,44-,45-,46-,47-,48-,49-,50+,60-,61-/m0/s1. The van der Waals surface area contributed by atoms with E-state index in [0.717, 1.165) is 52.9 Å². The number of methoxy groups -OCH3 is 1. The topological polar surface area (TPSA) is 695 Å². The monoisotopic (exact) mass is 1620 g/mol. The number of carboxylic acid groups (broad SMARTS) is 4. The van der Waals surface area contributed by atoms with Crippen molar-refractivity contribution in [1.82, 2.24) is 69.1 Å². The number of nitrogens with two attached hydrogens (primary N) is 3. The summed E-state index contributed by atoms with van der Waals surface area (Å²) in [6, 6.07) is -10.7. The Hall–Kier alpha value is -12.4. The second kappa shape index (κ2) is 49.8. The molecular weight excluding hydrogens is 1520 g/mol. The molecule has 0 aromatic heterocycles. The van der Waals surface area contributed by atoms with Gasteiger partial charge in [-0.05, 0) is 88.2 Å². The lowest BCUT2D eigenvalue weighted by Gasteiger charge is -2.30. The second-order valence-electron chi connectivity index (χ2n) is 27.1. The third kappa shape index (κ3) is 35.4. The highest BCUT2D eigenvalue weighted by Crippen LogP contribution is 2.19. The number of primary amides is 1. The number of amides is 14. The van der Waals surface area contributed by atoms with Crippen molar-refractivity contribution in [3.8, 4) is 5.75 Å². The maximum absolute atomic E-state index is 14.8. The van der Waals surface area contributed by atoms with Crippen LogP contribution in [0.15, 0.2) is 48.5 Å². The van der Waals surface area contributed by atoms with Crippen LogP contribution in [0, 0.1) is 5.92 Å². The number of para-hydroxylation sites is 1. The van der Waals surface area contributed by atoms with Crippen LogP contribution in [-0.4, -0.2) is 250 Å². The van der Waals surface area contributed by atoms with Crippen molar-refractivity contribution in [3.05, 3.63) is 59.7 Å². The number of carbonyl (C=O) groups is 20. The van der Waals surface area contributed by atoms with Crippen LogP contribution in [0.25, 0.3) is 0 Å². The zero-order valence-corrected chi connectivity index (χ0v) is 64.1. The molecule has 2 aromatic carbocycles. The van der Waals surface area contributed by atoms with E-state index in [1.807, 2.05) is 16.0 Å². The van der Waals surface area contributed by atoms with Gasteiger partial charge in [-0.2, -0.15) is 0 Å². The summed E-state index contributed by atoms with van der Waals surface area (Å²) >= 11 is 0. The normalized spacial score (nSPS) is 21.1. The number of esters is 1. The van der Waals surface area contributed by atoms with Crippen molar-refractivity contribution < 1.29 is 131 Å². The predicted octanol–water partition coefficient (Wildman–Crippen LogP) is -5.70. The average Bonchev–Trinajstić information content (AvgIpc) is 0.856. The van der Waals surface area contributed by atoms with Gasteiger partial charge in [0.2, 0.25) is 82.7 Å². The Morgan fingerprint density at radius 3 is 1.65 bits per heavy atom. The number of Topliss-reactive ketones (excluding diaryl/α,β-unsaturated/α-hetero) is 1. The Balaban J connectivity index is 2.28. The number of cyclic esters (lactones) is 1. The molecule has 1 fully saturated rings. The van der Waals surface area contributed by atoms with Crippen LogP contribution in [0.1, 0.15) is 153 Å². The summed E-state index contributed by atoms with van der Waals surface area (Å²) in [6.45, 7) is 1.11. The number of ketones is 1. The minimum absolute atomic E-state index is 0.0100. The van der Waals surface area contributed by atoms with Gasteiger partial charge < -0.3 is 121 Å². The molecule has 14 amide bonds. The van der Waals surface area contributed by atoms with Crippen LogP contribution in [0.3, 0.4) is 0 Å². The molecule has 1 aliphatic rings. The van der Waals surface area contributed by atoms with Gasteiger partial charge in [0.1, 0.15) is 78.3 Å². The number of hydrogen-bond acceptors (Lipinski definition) is 25. The zero-order chi connectivity index (χ0) is 86.2. The van der Waals surface area contributed by atoms with Crippen molar-refractivity contribution in [1.29, 1.82) is 0 Å². The lowest BCUT2D eigenvalue weighted by molar-refractivity contribution is -0.156. The third-order valence-electron chi connectivity index (χ3n) is 17.6. The number of aliphatic carboxylic acids is 4. The quantitative estimate of drug-likeness (QED) is 0.0130. The number of ether oxygens (including phenoxy) is 2. The Bertz CT molecular complexity index is 3810. The number of anilines is 1. The molecule has 634 valence electrons. The van der Waals surface area contributed by atoms with Crippen molar-refractivity contribution in [2.24, 2.45) is 17.4 Å². The van der Waals surface area contributed by atoms with Gasteiger partial charge in [0, 0.05) is 24.1 Å². The number of aliphatic hydroxyl groups excluding tert-OH is 1. The number of aryl methyl sites for hydroxylation is 1.